The highest BCUT2D eigenvalue weighted by Gasteiger charge is 2.25. The molecule has 2 aromatic carbocycles. The lowest BCUT2D eigenvalue weighted by molar-refractivity contribution is 0.0679. The molecule has 5 heteroatoms. The van der Waals surface area contributed by atoms with Crippen LogP contribution in [0.1, 0.15) is 29.2 Å². The monoisotopic (exact) mass is 349 g/mol. The van der Waals surface area contributed by atoms with Crippen LogP contribution in [0.15, 0.2) is 67.1 Å². The number of rotatable bonds is 3. The molecule has 0 aliphatic carbocycles. The van der Waals surface area contributed by atoms with Gasteiger partial charge in [0, 0.05) is 30.4 Å². The minimum atomic E-state index is -0.329. The van der Waals surface area contributed by atoms with Crippen molar-refractivity contribution in [2.24, 2.45) is 0 Å². The van der Waals surface area contributed by atoms with Crippen molar-refractivity contribution < 1.29 is 9.18 Å². The Morgan fingerprint density at radius 3 is 2.62 bits per heavy atom. The first-order valence-corrected chi connectivity index (χ1v) is 8.84. The highest BCUT2D eigenvalue weighted by Crippen LogP contribution is 2.25. The fraction of sp³-hybridized carbons (Fsp3) is 0.238. The van der Waals surface area contributed by atoms with E-state index >= 15 is 0 Å². The third-order valence-electron chi connectivity index (χ3n) is 4.87. The Labute approximate surface area is 151 Å². The van der Waals surface area contributed by atoms with Gasteiger partial charge in [0.2, 0.25) is 0 Å². The third kappa shape index (κ3) is 3.38. The Balaban J connectivity index is 1.49. The second-order valence-electron chi connectivity index (χ2n) is 6.63. The topological polar surface area (TPSA) is 38.1 Å². The number of piperidine rings is 1. The molecule has 1 amide bonds. The van der Waals surface area contributed by atoms with Gasteiger partial charge < -0.3 is 9.47 Å². The maximum atomic E-state index is 13.1. The molecular formula is C21H20FN3O. The molecule has 4 nitrogen and oxygen atoms in total. The SMILES string of the molecule is O=C(c1ccc(F)cc1)N1CCCC(n2cnc(-c3ccccc3)c2)C1. The molecule has 1 fully saturated rings. The Hall–Kier alpha value is -2.95. The van der Waals surface area contributed by atoms with Crippen molar-refractivity contribution in [3.05, 3.63) is 78.5 Å². The minimum absolute atomic E-state index is 0.0434. The van der Waals surface area contributed by atoms with Gasteiger partial charge in [0.05, 0.1) is 18.1 Å². The van der Waals surface area contributed by atoms with Gasteiger partial charge >= 0.3 is 0 Å². The zero-order valence-electron chi connectivity index (χ0n) is 14.4. The number of imidazole rings is 1. The van der Waals surface area contributed by atoms with Crippen LogP contribution in [0.2, 0.25) is 0 Å². The molecule has 1 unspecified atom stereocenters. The van der Waals surface area contributed by atoms with Crippen molar-refractivity contribution in [3.8, 4) is 11.3 Å². The van der Waals surface area contributed by atoms with E-state index in [1.54, 1.807) is 12.1 Å². The van der Waals surface area contributed by atoms with E-state index < -0.39 is 0 Å². The fourth-order valence-electron chi connectivity index (χ4n) is 3.45. The maximum absolute atomic E-state index is 13.1. The molecule has 0 saturated carbocycles. The second-order valence-corrected chi connectivity index (χ2v) is 6.63. The molecule has 26 heavy (non-hydrogen) atoms. The van der Waals surface area contributed by atoms with Crippen molar-refractivity contribution in [1.29, 1.82) is 0 Å². The number of likely N-dealkylation sites (tertiary alicyclic amines) is 1. The number of benzene rings is 2. The highest BCUT2D eigenvalue weighted by atomic mass is 19.1. The number of carbonyl (C=O) groups is 1. The number of aromatic nitrogens is 2. The van der Waals surface area contributed by atoms with Crippen LogP contribution in [0.25, 0.3) is 11.3 Å². The van der Waals surface area contributed by atoms with Crippen LogP contribution in [0, 0.1) is 5.82 Å². The van der Waals surface area contributed by atoms with Crippen LogP contribution in [0.4, 0.5) is 4.39 Å². The number of hydrogen-bond donors (Lipinski definition) is 0. The molecule has 0 spiro atoms. The lowest BCUT2D eigenvalue weighted by Crippen LogP contribution is -2.40. The van der Waals surface area contributed by atoms with Crippen molar-refractivity contribution in [1.82, 2.24) is 14.5 Å². The summed E-state index contributed by atoms with van der Waals surface area (Å²) >= 11 is 0. The van der Waals surface area contributed by atoms with Crippen molar-refractivity contribution in [2.45, 2.75) is 18.9 Å². The Bertz CT molecular complexity index is 889. The number of amides is 1. The van der Waals surface area contributed by atoms with Crippen LogP contribution in [-0.2, 0) is 0 Å². The maximum Gasteiger partial charge on any atom is 0.253 e. The van der Waals surface area contributed by atoms with Gasteiger partial charge in [0.25, 0.3) is 5.91 Å². The average Bonchev–Trinajstić information content (AvgIpc) is 3.19. The fourth-order valence-corrected chi connectivity index (χ4v) is 3.45. The lowest BCUT2D eigenvalue weighted by atomic mass is 10.0. The van der Waals surface area contributed by atoms with Gasteiger partial charge in [-0.3, -0.25) is 4.79 Å². The Kier molecular flexibility index (Phi) is 4.52. The smallest absolute Gasteiger partial charge is 0.253 e. The molecular weight excluding hydrogens is 329 g/mol. The summed E-state index contributed by atoms with van der Waals surface area (Å²) in [5.74, 6) is -0.372. The molecule has 1 saturated heterocycles. The zero-order chi connectivity index (χ0) is 17.9. The van der Waals surface area contributed by atoms with Crippen LogP contribution in [0.5, 0.6) is 0 Å². The van der Waals surface area contributed by atoms with Crippen LogP contribution < -0.4 is 0 Å². The second kappa shape index (κ2) is 7.12. The van der Waals surface area contributed by atoms with Gasteiger partial charge in [-0.2, -0.15) is 0 Å². The molecule has 0 radical (unpaired) electrons. The van der Waals surface area contributed by atoms with Gasteiger partial charge in [-0.05, 0) is 37.1 Å². The van der Waals surface area contributed by atoms with Gasteiger partial charge in [-0.15, -0.1) is 0 Å². The van der Waals surface area contributed by atoms with Crippen molar-refractivity contribution in [3.63, 3.8) is 0 Å². The Morgan fingerprint density at radius 1 is 1.08 bits per heavy atom. The molecule has 0 bridgehead atoms. The predicted molar refractivity (Wildman–Crippen MR) is 98.2 cm³/mol. The number of hydrogen-bond acceptors (Lipinski definition) is 2. The standard InChI is InChI=1S/C21H20FN3O/c22-18-10-8-17(9-11-18)21(26)24-12-4-7-19(13-24)25-14-20(23-15-25)16-5-2-1-3-6-16/h1-3,5-6,8-11,14-15,19H,4,7,12-13H2. The zero-order valence-corrected chi connectivity index (χ0v) is 14.4. The van der Waals surface area contributed by atoms with Gasteiger partial charge in [0.1, 0.15) is 5.82 Å². The van der Waals surface area contributed by atoms with Gasteiger partial charge in [0.15, 0.2) is 0 Å². The van der Waals surface area contributed by atoms with E-state index in [-0.39, 0.29) is 17.8 Å². The molecule has 2 heterocycles. The number of nitrogens with zero attached hydrogens (tertiary/aromatic N) is 3. The normalized spacial score (nSPS) is 17.3. The van der Waals surface area contributed by atoms with Gasteiger partial charge in [-0.1, -0.05) is 30.3 Å². The van der Waals surface area contributed by atoms with E-state index in [2.05, 4.69) is 9.55 Å². The summed E-state index contributed by atoms with van der Waals surface area (Å²) in [6, 6.07) is 16.0. The summed E-state index contributed by atoms with van der Waals surface area (Å²) < 4.78 is 15.2. The van der Waals surface area contributed by atoms with E-state index in [1.807, 2.05) is 47.8 Å². The summed E-state index contributed by atoms with van der Waals surface area (Å²) in [5.41, 5.74) is 2.55. The van der Waals surface area contributed by atoms with Crippen molar-refractivity contribution in [2.75, 3.05) is 13.1 Å². The van der Waals surface area contributed by atoms with Crippen LogP contribution in [-0.4, -0.2) is 33.4 Å². The third-order valence-corrected chi connectivity index (χ3v) is 4.87. The molecule has 4 rings (SSSR count). The molecule has 132 valence electrons. The molecule has 1 aliphatic heterocycles. The molecule has 1 aromatic heterocycles. The van der Waals surface area contributed by atoms with Crippen LogP contribution in [0.3, 0.4) is 0 Å². The molecule has 1 atom stereocenters. The minimum Gasteiger partial charge on any atom is -0.337 e. The van der Waals surface area contributed by atoms with E-state index in [1.165, 1.54) is 12.1 Å². The van der Waals surface area contributed by atoms with E-state index in [0.29, 0.717) is 12.1 Å². The van der Waals surface area contributed by atoms with E-state index in [9.17, 15) is 9.18 Å². The van der Waals surface area contributed by atoms with Crippen molar-refractivity contribution >= 4 is 5.91 Å². The van der Waals surface area contributed by atoms with Crippen LogP contribution >= 0.6 is 0 Å². The molecule has 1 aliphatic rings. The average molecular weight is 349 g/mol. The van der Waals surface area contributed by atoms with Gasteiger partial charge in [-0.25, -0.2) is 9.37 Å². The number of carbonyl (C=O) groups excluding carboxylic acids is 1. The summed E-state index contributed by atoms with van der Waals surface area (Å²) in [7, 11) is 0. The first kappa shape index (κ1) is 16.5. The summed E-state index contributed by atoms with van der Waals surface area (Å²) in [4.78, 5) is 19.1. The Morgan fingerprint density at radius 2 is 1.85 bits per heavy atom. The first-order chi connectivity index (χ1) is 12.7. The summed E-state index contributed by atoms with van der Waals surface area (Å²) in [5, 5.41) is 0. The quantitative estimate of drug-likeness (QED) is 0.712. The predicted octanol–water partition coefficient (Wildman–Crippen LogP) is 4.17. The first-order valence-electron chi connectivity index (χ1n) is 8.84. The highest BCUT2D eigenvalue weighted by molar-refractivity contribution is 5.94. The molecule has 3 aromatic rings. The lowest BCUT2D eigenvalue weighted by Gasteiger charge is -2.33. The van der Waals surface area contributed by atoms with E-state index in [4.69, 9.17) is 0 Å². The largest absolute Gasteiger partial charge is 0.337 e. The number of halogens is 1. The molecule has 0 N–H and O–H groups in total. The van der Waals surface area contributed by atoms with E-state index in [0.717, 1.165) is 30.6 Å². The summed E-state index contributed by atoms with van der Waals surface area (Å²) in [6.07, 6.45) is 5.85. The summed E-state index contributed by atoms with van der Waals surface area (Å²) in [6.45, 7) is 1.37.